The van der Waals surface area contributed by atoms with Crippen LogP contribution in [0.2, 0.25) is 0 Å². The fourth-order valence-corrected chi connectivity index (χ4v) is 4.06. The number of imidazole rings is 1. The SMILES string of the molecule is CC1CCC(C(C)C)C(OC(=O)Cn2c[n+](C)c3ccccc32)C1.[Cl-]. The van der Waals surface area contributed by atoms with Crippen molar-refractivity contribution in [2.75, 3.05) is 0 Å². The lowest BCUT2D eigenvalue weighted by Crippen LogP contribution is -3.00. The number of aromatic nitrogens is 2. The van der Waals surface area contributed by atoms with Gasteiger partial charge in [0.1, 0.15) is 6.10 Å². The number of hydrogen-bond donors (Lipinski definition) is 0. The highest BCUT2D eigenvalue weighted by Crippen LogP contribution is 2.35. The van der Waals surface area contributed by atoms with Gasteiger partial charge < -0.3 is 17.1 Å². The van der Waals surface area contributed by atoms with Crippen LogP contribution in [0.5, 0.6) is 0 Å². The third kappa shape index (κ3) is 4.35. The number of rotatable bonds is 4. The van der Waals surface area contributed by atoms with Crippen LogP contribution in [0.4, 0.5) is 0 Å². The standard InChI is InChI=1S/C20H29N2O2.ClH/c1-14(2)16-10-9-15(3)11-19(16)24-20(23)12-22-13-21(4)17-7-5-6-8-18(17)22;/h5-8,13-16,19H,9-12H2,1-4H3;1H/q+1;/p-1. The lowest BCUT2D eigenvalue weighted by molar-refractivity contribution is -0.645. The molecule has 1 aliphatic carbocycles. The van der Waals surface area contributed by atoms with Crippen molar-refractivity contribution in [2.45, 2.75) is 52.7 Å². The number of hydrogen-bond acceptors (Lipinski definition) is 2. The quantitative estimate of drug-likeness (QED) is 0.584. The molecule has 25 heavy (non-hydrogen) atoms. The van der Waals surface area contributed by atoms with Crippen LogP contribution in [-0.4, -0.2) is 16.6 Å². The van der Waals surface area contributed by atoms with Gasteiger partial charge >= 0.3 is 5.97 Å². The number of para-hydroxylation sites is 2. The number of halogens is 1. The van der Waals surface area contributed by atoms with Gasteiger partial charge in [0.15, 0.2) is 17.6 Å². The maximum Gasteiger partial charge on any atom is 0.348 e. The summed E-state index contributed by atoms with van der Waals surface area (Å²) in [6, 6.07) is 8.13. The molecule has 2 aromatic rings. The van der Waals surface area contributed by atoms with Crippen LogP contribution < -0.4 is 17.0 Å². The number of fused-ring (bicyclic) bond motifs is 1. The van der Waals surface area contributed by atoms with Crippen LogP contribution in [0, 0.1) is 17.8 Å². The van der Waals surface area contributed by atoms with Crippen molar-refractivity contribution in [1.82, 2.24) is 4.57 Å². The lowest BCUT2D eigenvalue weighted by atomic mass is 9.75. The molecule has 4 nitrogen and oxygen atoms in total. The molecule has 1 aromatic heterocycles. The van der Waals surface area contributed by atoms with Crippen molar-refractivity contribution in [3.63, 3.8) is 0 Å². The second kappa shape index (κ2) is 8.22. The van der Waals surface area contributed by atoms with Gasteiger partial charge in [0.25, 0.3) is 0 Å². The summed E-state index contributed by atoms with van der Waals surface area (Å²) in [5.41, 5.74) is 2.19. The van der Waals surface area contributed by atoms with E-state index in [9.17, 15) is 4.79 Å². The first-order chi connectivity index (χ1) is 11.5. The van der Waals surface area contributed by atoms with Crippen molar-refractivity contribution in [3.05, 3.63) is 30.6 Å². The third-order valence-corrected chi connectivity index (χ3v) is 5.43. The molecule has 0 aliphatic heterocycles. The molecule has 5 heteroatoms. The van der Waals surface area contributed by atoms with Crippen LogP contribution in [0.15, 0.2) is 30.6 Å². The van der Waals surface area contributed by atoms with Gasteiger partial charge in [0, 0.05) is 0 Å². The summed E-state index contributed by atoms with van der Waals surface area (Å²) in [5.74, 6) is 1.56. The average molecular weight is 365 g/mol. The highest BCUT2D eigenvalue weighted by molar-refractivity contribution is 5.75. The van der Waals surface area contributed by atoms with E-state index in [-0.39, 0.29) is 31.0 Å². The molecule has 1 fully saturated rings. The van der Waals surface area contributed by atoms with Crippen molar-refractivity contribution in [2.24, 2.45) is 24.8 Å². The van der Waals surface area contributed by atoms with Gasteiger partial charge in [-0.15, -0.1) is 0 Å². The first-order valence-corrected chi connectivity index (χ1v) is 9.08. The van der Waals surface area contributed by atoms with E-state index < -0.39 is 0 Å². The molecule has 1 saturated carbocycles. The molecule has 0 radical (unpaired) electrons. The van der Waals surface area contributed by atoms with Crippen LogP contribution in [0.3, 0.4) is 0 Å². The third-order valence-electron chi connectivity index (χ3n) is 5.43. The highest BCUT2D eigenvalue weighted by atomic mass is 35.5. The average Bonchev–Trinajstić information content (AvgIpc) is 2.83. The Balaban J connectivity index is 0.00000225. The molecule has 138 valence electrons. The molecular formula is C20H29ClN2O2. The van der Waals surface area contributed by atoms with Crippen molar-refractivity contribution in [1.29, 1.82) is 0 Å². The zero-order valence-electron chi connectivity index (χ0n) is 15.6. The summed E-state index contributed by atoms with van der Waals surface area (Å²) in [5, 5.41) is 0. The molecule has 0 bridgehead atoms. The van der Waals surface area contributed by atoms with Crippen LogP contribution in [0.25, 0.3) is 11.0 Å². The molecule has 3 unspecified atom stereocenters. The molecule has 3 atom stereocenters. The Morgan fingerprint density at radius 2 is 2.04 bits per heavy atom. The number of nitrogens with zero attached hydrogens (tertiary/aromatic N) is 2. The van der Waals surface area contributed by atoms with E-state index in [4.69, 9.17) is 4.74 Å². The van der Waals surface area contributed by atoms with E-state index in [1.807, 2.05) is 40.7 Å². The number of carbonyl (C=O) groups is 1. The molecule has 0 amide bonds. The zero-order valence-corrected chi connectivity index (χ0v) is 16.4. The van der Waals surface area contributed by atoms with Crippen molar-refractivity contribution >= 4 is 17.0 Å². The van der Waals surface area contributed by atoms with Gasteiger partial charge in [-0.25, -0.2) is 13.9 Å². The van der Waals surface area contributed by atoms with E-state index in [0.29, 0.717) is 17.8 Å². The summed E-state index contributed by atoms with van der Waals surface area (Å²) in [6.07, 6.45) is 5.44. The van der Waals surface area contributed by atoms with Crippen molar-refractivity contribution < 1.29 is 26.5 Å². The van der Waals surface area contributed by atoms with Crippen molar-refractivity contribution in [3.8, 4) is 0 Å². The first kappa shape index (κ1) is 19.8. The zero-order chi connectivity index (χ0) is 17.3. The smallest absolute Gasteiger partial charge is 0.348 e. The Kier molecular flexibility index (Phi) is 6.50. The maximum atomic E-state index is 12.6. The normalized spacial score (nSPS) is 23.5. The van der Waals surface area contributed by atoms with Crippen LogP contribution in [0.1, 0.15) is 40.0 Å². The number of ether oxygens (including phenoxy) is 1. The highest BCUT2D eigenvalue weighted by Gasteiger charge is 2.33. The minimum absolute atomic E-state index is 0. The Labute approximate surface area is 156 Å². The van der Waals surface area contributed by atoms with Crippen LogP contribution in [-0.2, 0) is 23.1 Å². The summed E-state index contributed by atoms with van der Waals surface area (Å²) < 4.78 is 9.95. The van der Waals surface area contributed by atoms with Gasteiger partial charge in [-0.2, -0.15) is 0 Å². The maximum absolute atomic E-state index is 12.6. The topological polar surface area (TPSA) is 35.1 Å². The number of benzene rings is 1. The molecule has 0 saturated heterocycles. The largest absolute Gasteiger partial charge is 1.00 e. The van der Waals surface area contributed by atoms with E-state index >= 15 is 0 Å². The first-order valence-electron chi connectivity index (χ1n) is 9.08. The number of esters is 1. The molecule has 1 aromatic carbocycles. The van der Waals surface area contributed by atoms with E-state index in [0.717, 1.165) is 23.9 Å². The summed E-state index contributed by atoms with van der Waals surface area (Å²) in [7, 11) is 2.00. The summed E-state index contributed by atoms with van der Waals surface area (Å²) in [6.45, 7) is 7.01. The minimum Gasteiger partial charge on any atom is -1.00 e. The molecule has 0 N–H and O–H groups in total. The van der Waals surface area contributed by atoms with Gasteiger partial charge in [-0.05, 0) is 42.7 Å². The fraction of sp³-hybridized carbons (Fsp3) is 0.600. The second-order valence-electron chi connectivity index (χ2n) is 7.70. The van der Waals surface area contributed by atoms with Gasteiger partial charge in [0.05, 0.1) is 7.05 Å². The van der Waals surface area contributed by atoms with Gasteiger partial charge in [-0.1, -0.05) is 39.3 Å². The Morgan fingerprint density at radius 1 is 1.32 bits per heavy atom. The van der Waals surface area contributed by atoms with Gasteiger partial charge in [0.2, 0.25) is 6.33 Å². The molecule has 1 aliphatic rings. The monoisotopic (exact) mass is 364 g/mol. The fourth-order valence-electron chi connectivity index (χ4n) is 4.06. The van der Waals surface area contributed by atoms with Crippen LogP contribution >= 0.6 is 0 Å². The minimum atomic E-state index is -0.124. The molecule has 1 heterocycles. The number of aryl methyl sites for hydroxylation is 1. The lowest BCUT2D eigenvalue weighted by Gasteiger charge is -2.36. The molecule has 0 spiro atoms. The molecule has 3 rings (SSSR count). The predicted octanol–water partition coefficient (Wildman–Crippen LogP) is 0.474. The van der Waals surface area contributed by atoms with E-state index in [1.165, 1.54) is 6.42 Å². The summed E-state index contributed by atoms with van der Waals surface area (Å²) >= 11 is 0. The Bertz CT molecular complexity index is 726. The Morgan fingerprint density at radius 3 is 2.76 bits per heavy atom. The van der Waals surface area contributed by atoms with Gasteiger partial charge in [-0.3, -0.25) is 0 Å². The van der Waals surface area contributed by atoms with E-state index in [1.54, 1.807) is 0 Å². The summed E-state index contributed by atoms with van der Waals surface area (Å²) in [4.78, 5) is 12.6. The molecular weight excluding hydrogens is 336 g/mol. The second-order valence-corrected chi connectivity index (χ2v) is 7.70. The number of carbonyl (C=O) groups excluding carboxylic acids is 1. The predicted molar refractivity (Wildman–Crippen MR) is 94.3 cm³/mol. The van der Waals surface area contributed by atoms with E-state index in [2.05, 4.69) is 26.8 Å². The Hall–Kier alpha value is -1.55.